The third kappa shape index (κ3) is 2.01. The zero-order valence-corrected chi connectivity index (χ0v) is 11.7. The summed E-state index contributed by atoms with van der Waals surface area (Å²) >= 11 is 0. The number of anilines is 1. The maximum Gasteiger partial charge on any atom is 0.182 e. The molecule has 7 nitrogen and oxygen atoms in total. The second-order valence-electron chi connectivity index (χ2n) is 5.08. The van der Waals surface area contributed by atoms with Crippen molar-refractivity contribution in [2.75, 3.05) is 11.4 Å². The van der Waals surface area contributed by atoms with Gasteiger partial charge in [0.2, 0.25) is 0 Å². The minimum atomic E-state index is 0.697. The smallest absolute Gasteiger partial charge is 0.182 e. The van der Waals surface area contributed by atoms with E-state index in [1.165, 1.54) is 5.56 Å². The number of nitrogens with one attached hydrogen (secondary N) is 1. The molecule has 0 fully saturated rings. The summed E-state index contributed by atoms with van der Waals surface area (Å²) in [6.07, 6.45) is 6.96. The largest absolute Gasteiger partial charge is 0.348 e. The van der Waals surface area contributed by atoms with Crippen LogP contribution in [0.4, 0.5) is 5.82 Å². The van der Waals surface area contributed by atoms with Crippen LogP contribution in [0.3, 0.4) is 0 Å². The molecule has 0 radical (unpaired) electrons. The van der Waals surface area contributed by atoms with E-state index < -0.39 is 0 Å². The fourth-order valence-electron chi connectivity index (χ4n) is 2.69. The standard InChI is InChI=1S/C14H15N7/c1-2-11-15-5-9-3-4-21(6-10(9)20-11)14-12-13(17-7-16-12)18-8-19-14/h5,7-8H,2-4,6H2,1H3,(H,16,17,18,19). The summed E-state index contributed by atoms with van der Waals surface area (Å²) in [6.45, 7) is 3.71. The van der Waals surface area contributed by atoms with Crippen LogP contribution in [-0.2, 0) is 19.4 Å². The predicted molar refractivity (Wildman–Crippen MR) is 77.8 cm³/mol. The van der Waals surface area contributed by atoms with Crippen molar-refractivity contribution in [3.05, 3.63) is 35.9 Å². The molecule has 3 aromatic heterocycles. The van der Waals surface area contributed by atoms with Crippen molar-refractivity contribution >= 4 is 17.0 Å². The number of H-pyrrole nitrogens is 1. The van der Waals surface area contributed by atoms with Crippen LogP contribution in [0.1, 0.15) is 24.0 Å². The molecular formula is C14H15N7. The first-order valence-corrected chi connectivity index (χ1v) is 7.08. The Morgan fingerprint density at radius 1 is 1.24 bits per heavy atom. The van der Waals surface area contributed by atoms with Gasteiger partial charge in [-0.15, -0.1) is 0 Å². The molecule has 106 valence electrons. The first-order valence-electron chi connectivity index (χ1n) is 7.08. The molecule has 4 heterocycles. The highest BCUT2D eigenvalue weighted by Gasteiger charge is 2.21. The monoisotopic (exact) mass is 281 g/mol. The fourth-order valence-corrected chi connectivity index (χ4v) is 2.69. The minimum absolute atomic E-state index is 0.697. The highest BCUT2D eigenvalue weighted by molar-refractivity contribution is 5.82. The number of imidazole rings is 1. The first-order chi connectivity index (χ1) is 10.3. The predicted octanol–water partition coefficient (Wildman–Crippen LogP) is 1.27. The molecule has 3 aromatic rings. The molecule has 4 rings (SSSR count). The van der Waals surface area contributed by atoms with E-state index in [0.717, 1.165) is 48.8 Å². The maximum absolute atomic E-state index is 4.65. The van der Waals surface area contributed by atoms with Gasteiger partial charge in [-0.05, 0) is 12.0 Å². The second kappa shape index (κ2) is 4.76. The number of aromatic nitrogens is 6. The van der Waals surface area contributed by atoms with Crippen LogP contribution in [0.5, 0.6) is 0 Å². The Labute approximate surface area is 121 Å². The number of fused-ring (bicyclic) bond motifs is 2. The molecule has 0 aromatic carbocycles. The Morgan fingerprint density at radius 2 is 2.19 bits per heavy atom. The molecule has 0 atom stereocenters. The lowest BCUT2D eigenvalue weighted by Gasteiger charge is -2.29. The number of rotatable bonds is 2. The molecule has 1 aliphatic rings. The zero-order chi connectivity index (χ0) is 14.2. The number of aryl methyl sites for hydroxylation is 1. The van der Waals surface area contributed by atoms with E-state index >= 15 is 0 Å². The van der Waals surface area contributed by atoms with Crippen LogP contribution in [0.2, 0.25) is 0 Å². The molecular weight excluding hydrogens is 266 g/mol. The Balaban J connectivity index is 1.73. The number of hydrogen-bond donors (Lipinski definition) is 1. The lowest BCUT2D eigenvalue weighted by Crippen LogP contribution is -2.32. The van der Waals surface area contributed by atoms with Crippen molar-refractivity contribution in [3.63, 3.8) is 0 Å². The van der Waals surface area contributed by atoms with E-state index in [1.54, 1.807) is 12.7 Å². The van der Waals surface area contributed by atoms with Crippen molar-refractivity contribution in [3.8, 4) is 0 Å². The highest BCUT2D eigenvalue weighted by Crippen LogP contribution is 2.25. The van der Waals surface area contributed by atoms with E-state index in [2.05, 4.69) is 41.7 Å². The quantitative estimate of drug-likeness (QED) is 0.761. The summed E-state index contributed by atoms with van der Waals surface area (Å²) in [5.74, 6) is 1.78. The fraction of sp³-hybridized carbons (Fsp3) is 0.357. The van der Waals surface area contributed by atoms with Crippen LogP contribution >= 0.6 is 0 Å². The summed E-state index contributed by atoms with van der Waals surface area (Å²) in [6, 6.07) is 0. The minimum Gasteiger partial charge on any atom is -0.348 e. The Kier molecular flexibility index (Phi) is 2.77. The summed E-state index contributed by atoms with van der Waals surface area (Å²) in [4.78, 5) is 27.1. The molecule has 0 unspecified atom stereocenters. The molecule has 0 saturated heterocycles. The van der Waals surface area contributed by atoms with Gasteiger partial charge >= 0.3 is 0 Å². The normalized spacial score (nSPS) is 14.4. The Bertz CT molecular complexity index is 795. The number of aromatic amines is 1. The van der Waals surface area contributed by atoms with Gasteiger partial charge in [0, 0.05) is 19.2 Å². The van der Waals surface area contributed by atoms with E-state index in [0.29, 0.717) is 5.65 Å². The molecule has 1 aliphatic heterocycles. The molecule has 7 heteroatoms. The van der Waals surface area contributed by atoms with Crippen LogP contribution in [0, 0.1) is 0 Å². The van der Waals surface area contributed by atoms with Crippen molar-refractivity contribution in [2.45, 2.75) is 26.3 Å². The SMILES string of the molecule is CCc1ncc2c(n1)CN(c1ncnc3nc[nH]c13)CC2. The van der Waals surface area contributed by atoms with Crippen LogP contribution < -0.4 is 4.90 Å². The zero-order valence-electron chi connectivity index (χ0n) is 11.7. The Hall–Kier alpha value is -2.57. The summed E-state index contributed by atoms with van der Waals surface area (Å²) in [7, 11) is 0. The molecule has 1 N–H and O–H groups in total. The van der Waals surface area contributed by atoms with Crippen LogP contribution in [0.25, 0.3) is 11.2 Å². The van der Waals surface area contributed by atoms with Crippen molar-refractivity contribution in [2.24, 2.45) is 0 Å². The topological polar surface area (TPSA) is 83.5 Å². The van der Waals surface area contributed by atoms with E-state index in [-0.39, 0.29) is 0 Å². The molecule has 0 saturated carbocycles. The number of nitrogens with zero attached hydrogens (tertiary/aromatic N) is 6. The van der Waals surface area contributed by atoms with Gasteiger partial charge < -0.3 is 9.88 Å². The van der Waals surface area contributed by atoms with Crippen molar-refractivity contribution in [1.29, 1.82) is 0 Å². The highest BCUT2D eigenvalue weighted by atomic mass is 15.2. The summed E-state index contributed by atoms with van der Waals surface area (Å²) < 4.78 is 0. The lowest BCUT2D eigenvalue weighted by molar-refractivity contribution is 0.686. The molecule has 0 spiro atoms. The summed E-state index contributed by atoms with van der Waals surface area (Å²) in [5, 5.41) is 0. The van der Waals surface area contributed by atoms with E-state index in [1.807, 2.05) is 6.20 Å². The van der Waals surface area contributed by atoms with Crippen molar-refractivity contribution < 1.29 is 0 Å². The van der Waals surface area contributed by atoms with Gasteiger partial charge in [0.25, 0.3) is 0 Å². The van der Waals surface area contributed by atoms with Gasteiger partial charge in [-0.1, -0.05) is 6.92 Å². The van der Waals surface area contributed by atoms with Gasteiger partial charge in [-0.2, -0.15) is 0 Å². The average molecular weight is 281 g/mol. The lowest BCUT2D eigenvalue weighted by atomic mass is 10.1. The summed E-state index contributed by atoms with van der Waals surface area (Å²) in [5.41, 5.74) is 3.91. The Morgan fingerprint density at radius 3 is 3.10 bits per heavy atom. The first kappa shape index (κ1) is 12.2. The van der Waals surface area contributed by atoms with Crippen LogP contribution in [-0.4, -0.2) is 36.4 Å². The average Bonchev–Trinajstić information content (AvgIpc) is 3.02. The van der Waals surface area contributed by atoms with Gasteiger partial charge in [0.15, 0.2) is 11.5 Å². The van der Waals surface area contributed by atoms with Gasteiger partial charge in [-0.3, -0.25) is 0 Å². The molecule has 0 aliphatic carbocycles. The van der Waals surface area contributed by atoms with E-state index in [4.69, 9.17) is 0 Å². The van der Waals surface area contributed by atoms with Gasteiger partial charge in [0.05, 0.1) is 18.6 Å². The third-order valence-electron chi connectivity index (χ3n) is 3.81. The van der Waals surface area contributed by atoms with Gasteiger partial charge in [-0.25, -0.2) is 24.9 Å². The molecule has 0 amide bonds. The second-order valence-corrected chi connectivity index (χ2v) is 5.08. The van der Waals surface area contributed by atoms with Crippen molar-refractivity contribution in [1.82, 2.24) is 29.9 Å². The third-order valence-corrected chi connectivity index (χ3v) is 3.81. The van der Waals surface area contributed by atoms with E-state index in [9.17, 15) is 0 Å². The molecule has 0 bridgehead atoms. The number of hydrogen-bond acceptors (Lipinski definition) is 6. The molecule has 21 heavy (non-hydrogen) atoms. The van der Waals surface area contributed by atoms with Gasteiger partial charge in [0.1, 0.15) is 17.7 Å². The van der Waals surface area contributed by atoms with Crippen LogP contribution in [0.15, 0.2) is 18.9 Å². The maximum atomic E-state index is 4.65.